The molecule has 1 aliphatic carbocycles. The van der Waals surface area contributed by atoms with Crippen molar-refractivity contribution in [1.29, 1.82) is 0 Å². The normalized spacial score (nSPS) is 26.6. The number of aromatic nitrogens is 1. The molecule has 0 aliphatic heterocycles. The molecule has 0 aromatic carbocycles. The second-order valence-corrected chi connectivity index (χ2v) is 5.90. The zero-order chi connectivity index (χ0) is 11.4. The molecule has 0 spiro atoms. The summed E-state index contributed by atoms with van der Waals surface area (Å²) >= 11 is 1.83. The van der Waals surface area contributed by atoms with Crippen molar-refractivity contribution < 1.29 is 0 Å². The highest BCUT2D eigenvalue weighted by atomic mass is 32.1. The van der Waals surface area contributed by atoms with Gasteiger partial charge in [-0.05, 0) is 39.2 Å². The van der Waals surface area contributed by atoms with E-state index in [1.807, 2.05) is 11.3 Å². The summed E-state index contributed by atoms with van der Waals surface area (Å²) in [5.41, 5.74) is 1.18. The van der Waals surface area contributed by atoms with Crippen molar-refractivity contribution in [3.63, 3.8) is 0 Å². The van der Waals surface area contributed by atoms with Gasteiger partial charge in [0.05, 0.1) is 5.01 Å². The minimum Gasteiger partial charge on any atom is -0.317 e. The van der Waals surface area contributed by atoms with Crippen LogP contribution in [0.4, 0.5) is 0 Å². The van der Waals surface area contributed by atoms with Crippen molar-refractivity contribution in [2.24, 2.45) is 5.92 Å². The number of nitrogens with zero attached hydrogens (tertiary/aromatic N) is 1. The first kappa shape index (κ1) is 12.1. The number of aryl methyl sites for hydroxylation is 1. The summed E-state index contributed by atoms with van der Waals surface area (Å²) in [5, 5.41) is 6.95. The Hall–Kier alpha value is -0.410. The zero-order valence-corrected chi connectivity index (χ0v) is 11.1. The zero-order valence-electron chi connectivity index (χ0n) is 10.3. The molecule has 2 atom stereocenters. The van der Waals surface area contributed by atoms with E-state index in [1.54, 1.807) is 0 Å². The van der Waals surface area contributed by atoms with E-state index >= 15 is 0 Å². The van der Waals surface area contributed by atoms with Crippen LogP contribution in [0.2, 0.25) is 0 Å². The summed E-state index contributed by atoms with van der Waals surface area (Å²) in [6.07, 6.45) is 8.04. The molecule has 1 N–H and O–H groups in total. The van der Waals surface area contributed by atoms with Crippen LogP contribution in [0, 0.1) is 12.8 Å². The second kappa shape index (κ2) is 5.78. The Kier molecular flexibility index (Phi) is 4.36. The van der Waals surface area contributed by atoms with Gasteiger partial charge >= 0.3 is 0 Å². The lowest BCUT2D eigenvalue weighted by molar-refractivity contribution is 0.400. The van der Waals surface area contributed by atoms with Crippen LogP contribution in [0.3, 0.4) is 0 Å². The molecule has 0 bridgehead atoms. The lowest BCUT2D eigenvalue weighted by atomic mass is 9.95. The maximum absolute atomic E-state index is 4.58. The molecule has 2 rings (SSSR count). The molecule has 16 heavy (non-hydrogen) atoms. The molecule has 0 amide bonds. The van der Waals surface area contributed by atoms with Crippen LogP contribution in [0.25, 0.3) is 0 Å². The average molecular weight is 238 g/mol. The number of hydrogen-bond donors (Lipinski definition) is 1. The van der Waals surface area contributed by atoms with Gasteiger partial charge in [0.25, 0.3) is 0 Å². The maximum Gasteiger partial charge on any atom is 0.0930 e. The van der Waals surface area contributed by atoms with E-state index in [-0.39, 0.29) is 0 Å². The molecule has 1 aromatic heterocycles. The van der Waals surface area contributed by atoms with E-state index in [0.29, 0.717) is 0 Å². The van der Waals surface area contributed by atoms with Crippen LogP contribution in [-0.2, 0) is 6.42 Å². The van der Waals surface area contributed by atoms with Crippen LogP contribution in [0.5, 0.6) is 0 Å². The molecule has 1 fully saturated rings. The molecule has 1 aromatic rings. The van der Waals surface area contributed by atoms with Crippen LogP contribution >= 0.6 is 11.3 Å². The largest absolute Gasteiger partial charge is 0.317 e. The standard InChI is InChI=1S/C13H22N2S/c1-10-9-16-13(15-10)8-11-5-3-4-6-12(7-11)14-2/h9,11-12,14H,3-8H2,1-2H3. The van der Waals surface area contributed by atoms with Crippen molar-refractivity contribution in [3.05, 3.63) is 16.1 Å². The fraction of sp³-hybridized carbons (Fsp3) is 0.769. The number of nitrogens with one attached hydrogen (secondary N) is 1. The number of thiazole rings is 1. The summed E-state index contributed by atoms with van der Waals surface area (Å²) in [5.74, 6) is 0.838. The van der Waals surface area contributed by atoms with Gasteiger partial charge in [-0.2, -0.15) is 0 Å². The highest BCUT2D eigenvalue weighted by Crippen LogP contribution is 2.27. The lowest BCUT2D eigenvalue weighted by Crippen LogP contribution is -2.26. The molecule has 3 heteroatoms. The molecule has 1 heterocycles. The van der Waals surface area contributed by atoms with E-state index in [1.165, 1.54) is 49.2 Å². The third-order valence-electron chi connectivity index (χ3n) is 3.57. The Morgan fingerprint density at radius 3 is 2.94 bits per heavy atom. The van der Waals surface area contributed by atoms with Gasteiger partial charge in [0.15, 0.2) is 0 Å². The molecule has 2 unspecified atom stereocenters. The molecule has 0 saturated heterocycles. The molecule has 1 aliphatic rings. The van der Waals surface area contributed by atoms with Gasteiger partial charge in [0.1, 0.15) is 0 Å². The van der Waals surface area contributed by atoms with Gasteiger partial charge in [-0.25, -0.2) is 4.98 Å². The van der Waals surface area contributed by atoms with E-state index in [0.717, 1.165) is 12.0 Å². The SMILES string of the molecule is CNC1CCCCC(Cc2nc(C)cs2)C1. The van der Waals surface area contributed by atoms with E-state index in [4.69, 9.17) is 0 Å². The average Bonchev–Trinajstić information content (AvgIpc) is 2.55. The van der Waals surface area contributed by atoms with Gasteiger partial charge in [0.2, 0.25) is 0 Å². The molecule has 90 valence electrons. The molecule has 2 nitrogen and oxygen atoms in total. The van der Waals surface area contributed by atoms with Gasteiger partial charge in [0, 0.05) is 23.5 Å². The third kappa shape index (κ3) is 3.29. The quantitative estimate of drug-likeness (QED) is 0.818. The Morgan fingerprint density at radius 1 is 1.44 bits per heavy atom. The molecular formula is C13H22N2S. The topological polar surface area (TPSA) is 24.9 Å². The summed E-state index contributed by atoms with van der Waals surface area (Å²) in [4.78, 5) is 4.58. The van der Waals surface area contributed by atoms with Gasteiger partial charge in [-0.1, -0.05) is 12.8 Å². The molecule has 0 radical (unpaired) electrons. The van der Waals surface area contributed by atoms with Crippen molar-refractivity contribution in [2.45, 2.75) is 51.5 Å². The summed E-state index contributed by atoms with van der Waals surface area (Å²) in [6, 6.07) is 0.730. The Labute approximate surface area is 102 Å². The van der Waals surface area contributed by atoms with Crippen LogP contribution < -0.4 is 5.32 Å². The highest BCUT2D eigenvalue weighted by molar-refractivity contribution is 7.09. The predicted octanol–water partition coefficient (Wildman–Crippen LogP) is 3.16. The van der Waals surface area contributed by atoms with Gasteiger partial charge in [-0.15, -0.1) is 11.3 Å². The first-order valence-electron chi connectivity index (χ1n) is 6.36. The first-order valence-corrected chi connectivity index (χ1v) is 7.24. The van der Waals surface area contributed by atoms with E-state index in [9.17, 15) is 0 Å². The summed E-state index contributed by atoms with van der Waals surface area (Å²) in [6.45, 7) is 2.09. The minimum absolute atomic E-state index is 0.730. The van der Waals surface area contributed by atoms with Crippen molar-refractivity contribution in [3.8, 4) is 0 Å². The minimum atomic E-state index is 0.730. The van der Waals surface area contributed by atoms with Crippen LogP contribution in [-0.4, -0.2) is 18.1 Å². The lowest BCUT2D eigenvalue weighted by Gasteiger charge is -2.18. The second-order valence-electron chi connectivity index (χ2n) is 4.96. The van der Waals surface area contributed by atoms with Crippen LogP contribution in [0.1, 0.15) is 42.8 Å². The van der Waals surface area contributed by atoms with Crippen molar-refractivity contribution in [1.82, 2.24) is 10.3 Å². The van der Waals surface area contributed by atoms with Crippen molar-refractivity contribution >= 4 is 11.3 Å². The van der Waals surface area contributed by atoms with Crippen LogP contribution in [0.15, 0.2) is 5.38 Å². The van der Waals surface area contributed by atoms with E-state index < -0.39 is 0 Å². The Balaban J connectivity index is 1.92. The van der Waals surface area contributed by atoms with Gasteiger partial charge < -0.3 is 5.32 Å². The first-order chi connectivity index (χ1) is 7.78. The van der Waals surface area contributed by atoms with E-state index in [2.05, 4.69) is 29.7 Å². The Morgan fingerprint density at radius 2 is 2.25 bits per heavy atom. The Bertz CT molecular complexity index is 321. The monoisotopic (exact) mass is 238 g/mol. The summed E-state index contributed by atoms with van der Waals surface area (Å²) in [7, 11) is 2.10. The third-order valence-corrected chi connectivity index (χ3v) is 4.56. The number of hydrogen-bond acceptors (Lipinski definition) is 3. The van der Waals surface area contributed by atoms with Crippen molar-refractivity contribution in [2.75, 3.05) is 7.05 Å². The van der Waals surface area contributed by atoms with Gasteiger partial charge in [-0.3, -0.25) is 0 Å². The fourth-order valence-corrected chi connectivity index (χ4v) is 3.54. The molecular weight excluding hydrogens is 216 g/mol. The molecule has 1 saturated carbocycles. The maximum atomic E-state index is 4.58. The predicted molar refractivity (Wildman–Crippen MR) is 70.0 cm³/mol. The number of rotatable bonds is 3. The smallest absolute Gasteiger partial charge is 0.0930 e. The highest BCUT2D eigenvalue weighted by Gasteiger charge is 2.20. The fourth-order valence-electron chi connectivity index (χ4n) is 2.65. The summed E-state index contributed by atoms with van der Waals surface area (Å²) < 4.78 is 0.